The van der Waals surface area contributed by atoms with E-state index in [-0.39, 0.29) is 5.84 Å². The van der Waals surface area contributed by atoms with Crippen LogP contribution in [0.1, 0.15) is 11.3 Å². The van der Waals surface area contributed by atoms with Gasteiger partial charge in [-0.3, -0.25) is 5.41 Å². The monoisotopic (exact) mass is 227 g/mol. The van der Waals surface area contributed by atoms with Gasteiger partial charge in [-0.15, -0.1) is 0 Å². The third-order valence-electron chi connectivity index (χ3n) is 2.23. The summed E-state index contributed by atoms with van der Waals surface area (Å²) in [5.74, 6) is 0.414. The number of amidine groups is 1. The Bertz CT molecular complexity index is 511. The molecular formula is C13H13N3O. The zero-order valence-electron chi connectivity index (χ0n) is 9.26. The molecule has 0 fully saturated rings. The van der Waals surface area contributed by atoms with Crippen molar-refractivity contribution in [2.24, 2.45) is 5.73 Å². The summed E-state index contributed by atoms with van der Waals surface area (Å²) in [5, 5.41) is 7.29. The maximum Gasteiger partial charge on any atom is 0.214 e. The SMILES string of the molecule is N=C(N)c1cccc(OCc2ccccc2)n1. The number of hydrogen-bond donors (Lipinski definition) is 2. The molecule has 3 N–H and O–H groups in total. The quantitative estimate of drug-likeness (QED) is 0.619. The Morgan fingerprint density at radius 1 is 1.12 bits per heavy atom. The van der Waals surface area contributed by atoms with Crippen molar-refractivity contribution in [1.82, 2.24) is 4.98 Å². The van der Waals surface area contributed by atoms with Crippen molar-refractivity contribution in [2.75, 3.05) is 0 Å². The molecule has 0 aliphatic carbocycles. The molecule has 0 aliphatic heterocycles. The van der Waals surface area contributed by atoms with E-state index in [0.717, 1.165) is 5.56 Å². The Hall–Kier alpha value is -2.36. The molecule has 0 unspecified atom stereocenters. The van der Waals surface area contributed by atoms with Gasteiger partial charge in [0.15, 0.2) is 0 Å². The second-order valence-electron chi connectivity index (χ2n) is 3.55. The molecule has 0 saturated carbocycles. The molecule has 0 spiro atoms. The highest BCUT2D eigenvalue weighted by Crippen LogP contribution is 2.10. The highest BCUT2D eigenvalue weighted by atomic mass is 16.5. The van der Waals surface area contributed by atoms with Crippen molar-refractivity contribution in [3.8, 4) is 5.88 Å². The van der Waals surface area contributed by atoms with E-state index in [1.165, 1.54) is 0 Å². The van der Waals surface area contributed by atoms with Crippen LogP contribution in [0.15, 0.2) is 48.5 Å². The zero-order valence-corrected chi connectivity index (χ0v) is 9.26. The molecule has 0 radical (unpaired) electrons. The van der Waals surface area contributed by atoms with Crippen LogP contribution in [0.4, 0.5) is 0 Å². The maximum atomic E-state index is 7.29. The summed E-state index contributed by atoms with van der Waals surface area (Å²) < 4.78 is 5.52. The normalized spacial score (nSPS) is 9.88. The highest BCUT2D eigenvalue weighted by molar-refractivity contribution is 5.93. The predicted molar refractivity (Wildman–Crippen MR) is 66.0 cm³/mol. The van der Waals surface area contributed by atoms with Gasteiger partial charge in [-0.2, -0.15) is 0 Å². The predicted octanol–water partition coefficient (Wildman–Crippen LogP) is 1.94. The minimum atomic E-state index is -0.0600. The first kappa shape index (κ1) is 11.1. The van der Waals surface area contributed by atoms with Gasteiger partial charge in [-0.1, -0.05) is 36.4 Å². The second-order valence-corrected chi connectivity index (χ2v) is 3.55. The minimum Gasteiger partial charge on any atom is -0.473 e. The van der Waals surface area contributed by atoms with Crippen molar-refractivity contribution in [2.45, 2.75) is 6.61 Å². The number of nitrogens with zero attached hydrogens (tertiary/aromatic N) is 1. The summed E-state index contributed by atoms with van der Waals surface area (Å²) in [4.78, 5) is 4.12. The van der Waals surface area contributed by atoms with E-state index in [4.69, 9.17) is 15.9 Å². The summed E-state index contributed by atoms with van der Waals surface area (Å²) in [6, 6.07) is 15.0. The van der Waals surface area contributed by atoms with Crippen LogP contribution in [0.25, 0.3) is 0 Å². The van der Waals surface area contributed by atoms with Crippen LogP contribution < -0.4 is 10.5 Å². The number of ether oxygens (including phenoxy) is 1. The van der Waals surface area contributed by atoms with Gasteiger partial charge >= 0.3 is 0 Å². The van der Waals surface area contributed by atoms with Crippen LogP contribution in [-0.4, -0.2) is 10.8 Å². The lowest BCUT2D eigenvalue weighted by Crippen LogP contribution is -2.13. The Kier molecular flexibility index (Phi) is 3.35. The van der Waals surface area contributed by atoms with Crippen LogP contribution in [0.3, 0.4) is 0 Å². The summed E-state index contributed by atoms with van der Waals surface area (Å²) in [7, 11) is 0. The molecule has 0 aliphatic rings. The molecular weight excluding hydrogens is 214 g/mol. The Labute approximate surface area is 99.6 Å². The number of benzene rings is 1. The Morgan fingerprint density at radius 3 is 2.59 bits per heavy atom. The van der Waals surface area contributed by atoms with Crippen molar-refractivity contribution in [1.29, 1.82) is 5.41 Å². The average molecular weight is 227 g/mol. The van der Waals surface area contributed by atoms with E-state index in [1.807, 2.05) is 30.3 Å². The van der Waals surface area contributed by atoms with Crippen molar-refractivity contribution in [3.63, 3.8) is 0 Å². The topological polar surface area (TPSA) is 72.0 Å². The van der Waals surface area contributed by atoms with E-state index >= 15 is 0 Å². The van der Waals surface area contributed by atoms with Crippen LogP contribution in [0.5, 0.6) is 5.88 Å². The number of hydrogen-bond acceptors (Lipinski definition) is 3. The van der Waals surface area contributed by atoms with Crippen LogP contribution in [-0.2, 0) is 6.61 Å². The molecule has 2 aromatic rings. The van der Waals surface area contributed by atoms with E-state index in [9.17, 15) is 0 Å². The van der Waals surface area contributed by atoms with Gasteiger partial charge < -0.3 is 10.5 Å². The van der Waals surface area contributed by atoms with Gasteiger partial charge in [0.05, 0.1) is 0 Å². The lowest BCUT2D eigenvalue weighted by Gasteiger charge is -2.06. The van der Waals surface area contributed by atoms with E-state index in [1.54, 1.807) is 18.2 Å². The smallest absolute Gasteiger partial charge is 0.214 e. The molecule has 1 heterocycles. The first-order valence-electron chi connectivity index (χ1n) is 5.24. The summed E-state index contributed by atoms with van der Waals surface area (Å²) >= 11 is 0. The van der Waals surface area contributed by atoms with E-state index in [0.29, 0.717) is 18.2 Å². The fraction of sp³-hybridized carbons (Fsp3) is 0.0769. The number of pyridine rings is 1. The van der Waals surface area contributed by atoms with Gasteiger partial charge in [0.25, 0.3) is 0 Å². The van der Waals surface area contributed by atoms with E-state index < -0.39 is 0 Å². The van der Waals surface area contributed by atoms with Gasteiger partial charge in [0.1, 0.15) is 18.1 Å². The number of rotatable bonds is 4. The molecule has 1 aromatic heterocycles. The molecule has 0 saturated heterocycles. The van der Waals surface area contributed by atoms with E-state index in [2.05, 4.69) is 4.98 Å². The molecule has 4 nitrogen and oxygen atoms in total. The fourth-order valence-electron chi connectivity index (χ4n) is 1.38. The molecule has 17 heavy (non-hydrogen) atoms. The largest absolute Gasteiger partial charge is 0.473 e. The zero-order chi connectivity index (χ0) is 12.1. The van der Waals surface area contributed by atoms with Crippen molar-refractivity contribution >= 4 is 5.84 Å². The number of aromatic nitrogens is 1. The molecule has 0 amide bonds. The summed E-state index contributed by atoms with van der Waals surface area (Å²) in [6.07, 6.45) is 0. The summed E-state index contributed by atoms with van der Waals surface area (Å²) in [5.41, 5.74) is 6.85. The van der Waals surface area contributed by atoms with Crippen LogP contribution in [0.2, 0.25) is 0 Å². The molecule has 1 aromatic carbocycles. The van der Waals surface area contributed by atoms with Gasteiger partial charge in [-0.25, -0.2) is 4.98 Å². The first-order chi connectivity index (χ1) is 8.25. The Morgan fingerprint density at radius 2 is 1.88 bits per heavy atom. The Balaban J connectivity index is 2.04. The maximum absolute atomic E-state index is 7.29. The number of nitrogens with two attached hydrogens (primary N) is 1. The molecule has 2 rings (SSSR count). The summed E-state index contributed by atoms with van der Waals surface area (Å²) in [6.45, 7) is 0.454. The number of nitrogen functional groups attached to an aromatic ring is 1. The molecule has 86 valence electrons. The van der Waals surface area contributed by atoms with Crippen molar-refractivity contribution in [3.05, 3.63) is 59.8 Å². The third kappa shape index (κ3) is 3.04. The van der Waals surface area contributed by atoms with Gasteiger partial charge in [0, 0.05) is 6.07 Å². The fourth-order valence-corrected chi connectivity index (χ4v) is 1.38. The standard InChI is InChI=1S/C13H13N3O/c14-13(15)11-7-4-8-12(16-11)17-9-10-5-2-1-3-6-10/h1-8H,9H2,(H3,14,15). The average Bonchev–Trinajstić information content (AvgIpc) is 2.38. The van der Waals surface area contributed by atoms with Gasteiger partial charge in [0.2, 0.25) is 5.88 Å². The van der Waals surface area contributed by atoms with Crippen LogP contribution >= 0.6 is 0 Å². The van der Waals surface area contributed by atoms with Gasteiger partial charge in [-0.05, 0) is 11.6 Å². The first-order valence-corrected chi connectivity index (χ1v) is 5.24. The van der Waals surface area contributed by atoms with Crippen LogP contribution in [0, 0.1) is 5.41 Å². The second kappa shape index (κ2) is 5.12. The molecule has 0 atom stereocenters. The lowest BCUT2D eigenvalue weighted by molar-refractivity contribution is 0.294. The molecule has 0 bridgehead atoms. The lowest BCUT2D eigenvalue weighted by atomic mass is 10.2. The van der Waals surface area contributed by atoms with Crippen molar-refractivity contribution < 1.29 is 4.74 Å². The highest BCUT2D eigenvalue weighted by Gasteiger charge is 2.01. The number of nitrogens with one attached hydrogen (secondary N) is 1. The molecule has 4 heteroatoms. The minimum absolute atomic E-state index is 0.0600. The third-order valence-corrected chi connectivity index (χ3v) is 2.23.